The average Bonchev–Trinajstić information content (AvgIpc) is 2.71. The molecule has 1 aliphatic heterocycles. The Kier molecular flexibility index (Phi) is 6.35. The van der Waals surface area contributed by atoms with Crippen molar-refractivity contribution >= 4 is 5.91 Å². The van der Waals surface area contributed by atoms with Crippen molar-refractivity contribution in [3.05, 3.63) is 59.2 Å². The lowest BCUT2D eigenvalue weighted by Gasteiger charge is -2.33. The van der Waals surface area contributed by atoms with E-state index in [2.05, 4.69) is 41.4 Å². The maximum absolute atomic E-state index is 12.4. The third-order valence-electron chi connectivity index (χ3n) is 5.22. The molecule has 1 N–H and O–H groups in total. The summed E-state index contributed by atoms with van der Waals surface area (Å²) in [6.45, 7) is 4.77. The molecule has 0 saturated heterocycles. The van der Waals surface area contributed by atoms with Gasteiger partial charge in [0.25, 0.3) is 0 Å². The molecule has 0 radical (unpaired) electrons. The summed E-state index contributed by atoms with van der Waals surface area (Å²) in [4.78, 5) is 14.9. The smallest absolute Gasteiger partial charge is 0.224 e. The Morgan fingerprint density at radius 1 is 1.15 bits per heavy atom. The zero-order valence-corrected chi connectivity index (χ0v) is 16.3. The van der Waals surface area contributed by atoms with Gasteiger partial charge in [-0.05, 0) is 42.7 Å². The average molecular weight is 368 g/mol. The van der Waals surface area contributed by atoms with E-state index in [4.69, 9.17) is 9.47 Å². The molecule has 0 aromatic heterocycles. The second kappa shape index (κ2) is 8.91. The highest BCUT2D eigenvalue weighted by Crippen LogP contribution is 2.24. The van der Waals surface area contributed by atoms with Gasteiger partial charge >= 0.3 is 0 Å². The van der Waals surface area contributed by atoms with Gasteiger partial charge in [0.15, 0.2) is 0 Å². The Balaban J connectivity index is 1.54. The van der Waals surface area contributed by atoms with Crippen molar-refractivity contribution < 1.29 is 14.3 Å². The van der Waals surface area contributed by atoms with Crippen LogP contribution in [0.4, 0.5) is 0 Å². The van der Waals surface area contributed by atoms with Crippen molar-refractivity contribution in [1.82, 2.24) is 10.2 Å². The van der Waals surface area contributed by atoms with Crippen molar-refractivity contribution in [2.75, 3.05) is 27.3 Å². The summed E-state index contributed by atoms with van der Waals surface area (Å²) in [5, 5.41) is 3.06. The van der Waals surface area contributed by atoms with E-state index < -0.39 is 0 Å². The first-order chi connectivity index (χ1) is 13.1. The molecule has 27 heavy (non-hydrogen) atoms. The van der Waals surface area contributed by atoms with Gasteiger partial charge < -0.3 is 14.8 Å². The van der Waals surface area contributed by atoms with E-state index in [1.165, 1.54) is 11.1 Å². The van der Waals surface area contributed by atoms with Gasteiger partial charge in [0.1, 0.15) is 11.5 Å². The van der Waals surface area contributed by atoms with Crippen molar-refractivity contribution in [3.63, 3.8) is 0 Å². The van der Waals surface area contributed by atoms with Gasteiger partial charge in [0.2, 0.25) is 5.91 Å². The number of hydrogen-bond acceptors (Lipinski definition) is 4. The lowest BCUT2D eigenvalue weighted by atomic mass is 9.99. The van der Waals surface area contributed by atoms with E-state index in [9.17, 15) is 4.79 Å². The van der Waals surface area contributed by atoms with E-state index in [1.54, 1.807) is 14.2 Å². The zero-order valence-electron chi connectivity index (χ0n) is 16.3. The minimum atomic E-state index is -0.00851. The number of fused-ring (bicyclic) bond motifs is 1. The topological polar surface area (TPSA) is 50.8 Å². The fraction of sp³-hybridized carbons (Fsp3) is 0.409. The van der Waals surface area contributed by atoms with E-state index in [0.29, 0.717) is 12.3 Å². The number of nitrogens with one attached hydrogen (secondary N) is 1. The Hall–Kier alpha value is -2.53. The van der Waals surface area contributed by atoms with Gasteiger partial charge in [0, 0.05) is 31.2 Å². The van der Waals surface area contributed by atoms with Gasteiger partial charge in [-0.2, -0.15) is 0 Å². The molecule has 1 amide bonds. The second-order valence-corrected chi connectivity index (χ2v) is 7.00. The summed E-state index contributed by atoms with van der Waals surface area (Å²) in [5.74, 6) is 1.41. The summed E-state index contributed by atoms with van der Waals surface area (Å²) in [7, 11) is 3.23. The normalized spacial score (nSPS) is 14.9. The lowest BCUT2D eigenvalue weighted by molar-refractivity contribution is -0.120. The molecule has 0 aliphatic carbocycles. The lowest BCUT2D eigenvalue weighted by Crippen LogP contribution is -2.44. The van der Waals surface area contributed by atoms with Crippen molar-refractivity contribution in [2.45, 2.75) is 32.4 Å². The highest BCUT2D eigenvalue weighted by molar-refractivity contribution is 5.79. The molecule has 1 heterocycles. The van der Waals surface area contributed by atoms with Crippen LogP contribution in [0, 0.1) is 0 Å². The number of amides is 1. The van der Waals surface area contributed by atoms with Crippen LogP contribution in [0.2, 0.25) is 0 Å². The van der Waals surface area contributed by atoms with Crippen LogP contribution in [0.3, 0.4) is 0 Å². The second-order valence-electron chi connectivity index (χ2n) is 7.00. The summed E-state index contributed by atoms with van der Waals surface area (Å²) < 4.78 is 10.6. The molecule has 2 aromatic carbocycles. The summed E-state index contributed by atoms with van der Waals surface area (Å²) >= 11 is 0. The molecular formula is C22H28N2O3. The minimum Gasteiger partial charge on any atom is -0.497 e. The summed E-state index contributed by atoms with van der Waals surface area (Å²) in [6, 6.07) is 14.4. The van der Waals surface area contributed by atoms with Crippen LogP contribution in [0.15, 0.2) is 42.5 Å². The number of methoxy groups -OCH3 is 2. The Morgan fingerprint density at radius 3 is 2.67 bits per heavy atom. The molecule has 1 atom stereocenters. The van der Waals surface area contributed by atoms with E-state index in [1.807, 2.05) is 18.2 Å². The number of rotatable bonds is 7. The van der Waals surface area contributed by atoms with Gasteiger partial charge in [-0.1, -0.05) is 24.3 Å². The van der Waals surface area contributed by atoms with Crippen LogP contribution in [0.25, 0.3) is 0 Å². The zero-order chi connectivity index (χ0) is 19.2. The number of carbonyl (C=O) groups excluding carboxylic acids is 1. The fourth-order valence-corrected chi connectivity index (χ4v) is 3.54. The maximum Gasteiger partial charge on any atom is 0.224 e. The molecule has 5 nitrogen and oxygen atoms in total. The first kappa shape index (κ1) is 19.2. The van der Waals surface area contributed by atoms with Gasteiger partial charge in [-0.15, -0.1) is 0 Å². The highest BCUT2D eigenvalue weighted by Gasteiger charge is 2.21. The van der Waals surface area contributed by atoms with Gasteiger partial charge in [0.05, 0.1) is 20.6 Å². The Morgan fingerprint density at radius 2 is 1.93 bits per heavy atom. The number of ether oxygens (including phenoxy) is 2. The molecule has 0 fully saturated rings. The molecule has 1 aliphatic rings. The number of nitrogens with zero attached hydrogens (tertiary/aromatic N) is 1. The molecule has 0 spiro atoms. The number of carbonyl (C=O) groups is 1. The van der Waals surface area contributed by atoms with Crippen molar-refractivity contribution in [2.24, 2.45) is 0 Å². The number of hydrogen-bond donors (Lipinski definition) is 1. The first-order valence-electron chi connectivity index (χ1n) is 9.39. The van der Waals surface area contributed by atoms with Crippen LogP contribution in [0.5, 0.6) is 11.5 Å². The standard InChI is InChI=1S/C22H28N2O3/c1-16(24-11-10-17-6-4-5-7-18(17)15-24)14-23-22(25)13-19-12-20(26-2)8-9-21(19)27-3/h4-9,12,16H,10-11,13-15H2,1-3H3,(H,23,25). The molecule has 0 bridgehead atoms. The van der Waals surface area contributed by atoms with Crippen LogP contribution in [-0.2, 0) is 24.2 Å². The van der Waals surface area contributed by atoms with Crippen LogP contribution >= 0.6 is 0 Å². The molecule has 144 valence electrons. The summed E-state index contributed by atoms with van der Waals surface area (Å²) in [5.41, 5.74) is 3.66. The highest BCUT2D eigenvalue weighted by atomic mass is 16.5. The van der Waals surface area contributed by atoms with E-state index >= 15 is 0 Å². The van der Waals surface area contributed by atoms with Crippen LogP contribution in [0.1, 0.15) is 23.6 Å². The first-order valence-corrected chi connectivity index (χ1v) is 9.39. The third kappa shape index (κ3) is 4.80. The van der Waals surface area contributed by atoms with Crippen molar-refractivity contribution in [3.8, 4) is 11.5 Å². The predicted octanol–water partition coefficient (Wildman–Crippen LogP) is 2.81. The molecule has 1 unspecified atom stereocenters. The molecular weight excluding hydrogens is 340 g/mol. The van der Waals surface area contributed by atoms with Crippen molar-refractivity contribution in [1.29, 1.82) is 0 Å². The Bertz CT molecular complexity index is 791. The SMILES string of the molecule is COc1ccc(OC)c(CC(=O)NCC(C)N2CCc3ccccc3C2)c1. The van der Waals surface area contributed by atoms with E-state index in [0.717, 1.165) is 30.8 Å². The largest absolute Gasteiger partial charge is 0.497 e. The molecule has 0 saturated carbocycles. The fourth-order valence-electron chi connectivity index (χ4n) is 3.54. The van der Waals surface area contributed by atoms with Crippen LogP contribution < -0.4 is 14.8 Å². The van der Waals surface area contributed by atoms with Crippen LogP contribution in [-0.4, -0.2) is 44.2 Å². The predicted molar refractivity (Wildman–Crippen MR) is 106 cm³/mol. The minimum absolute atomic E-state index is 0.00851. The monoisotopic (exact) mass is 368 g/mol. The van der Waals surface area contributed by atoms with E-state index in [-0.39, 0.29) is 18.4 Å². The molecule has 3 rings (SSSR count). The third-order valence-corrected chi connectivity index (χ3v) is 5.22. The Labute approximate surface area is 161 Å². The summed E-state index contributed by atoms with van der Waals surface area (Å²) in [6.07, 6.45) is 1.34. The molecule has 2 aromatic rings. The van der Waals surface area contributed by atoms with Gasteiger partial charge in [-0.3, -0.25) is 9.69 Å². The quantitative estimate of drug-likeness (QED) is 0.817. The van der Waals surface area contributed by atoms with Gasteiger partial charge in [-0.25, -0.2) is 0 Å². The number of benzene rings is 2. The molecule has 5 heteroatoms. The maximum atomic E-state index is 12.4.